The van der Waals surface area contributed by atoms with Crippen molar-refractivity contribution in [2.45, 2.75) is 0 Å². The number of benzene rings is 1. The Labute approximate surface area is 122 Å². The first-order valence-electron chi connectivity index (χ1n) is 6.11. The first-order chi connectivity index (χ1) is 10.2. The Hall–Kier alpha value is -2.76. The van der Waals surface area contributed by atoms with Crippen LogP contribution in [-0.4, -0.2) is 32.6 Å². The number of ether oxygens (including phenoxy) is 4. The molecule has 0 aliphatic rings. The minimum absolute atomic E-state index is 0.210. The maximum Gasteiger partial charge on any atom is 0.229 e. The predicted molar refractivity (Wildman–Crippen MR) is 75.8 cm³/mol. The van der Waals surface area contributed by atoms with Crippen molar-refractivity contribution in [2.75, 3.05) is 21.3 Å². The fraction of sp³-hybridized carbons (Fsp3) is 0.200. The molecule has 110 valence electrons. The number of aldehydes is 1. The van der Waals surface area contributed by atoms with Crippen molar-refractivity contribution in [3.63, 3.8) is 0 Å². The molecule has 0 unspecified atom stereocenters. The van der Waals surface area contributed by atoms with Gasteiger partial charge in [-0.25, -0.2) is 4.98 Å². The predicted octanol–water partition coefficient (Wildman–Crippen LogP) is 2.71. The molecule has 1 aromatic heterocycles. The van der Waals surface area contributed by atoms with E-state index in [1.807, 2.05) is 0 Å². The van der Waals surface area contributed by atoms with E-state index in [-0.39, 0.29) is 5.88 Å². The first kappa shape index (κ1) is 14.6. The number of nitrogens with zero attached hydrogens (tertiary/aromatic N) is 1. The summed E-state index contributed by atoms with van der Waals surface area (Å²) in [6.45, 7) is 0. The van der Waals surface area contributed by atoms with Crippen LogP contribution in [0, 0.1) is 0 Å². The number of methoxy groups -OCH3 is 3. The molecule has 6 nitrogen and oxygen atoms in total. The topological polar surface area (TPSA) is 66.9 Å². The summed E-state index contributed by atoms with van der Waals surface area (Å²) in [5.74, 6) is 2.00. The molecule has 0 N–H and O–H groups in total. The van der Waals surface area contributed by atoms with Crippen LogP contribution < -0.4 is 18.9 Å². The lowest BCUT2D eigenvalue weighted by atomic mass is 10.2. The quantitative estimate of drug-likeness (QED) is 0.762. The van der Waals surface area contributed by atoms with Gasteiger partial charge in [-0.3, -0.25) is 4.79 Å². The van der Waals surface area contributed by atoms with Crippen molar-refractivity contribution in [3.8, 4) is 28.9 Å². The molecule has 2 rings (SSSR count). The highest BCUT2D eigenvalue weighted by atomic mass is 16.5. The molecule has 0 saturated carbocycles. The summed E-state index contributed by atoms with van der Waals surface area (Å²) >= 11 is 0. The summed E-state index contributed by atoms with van der Waals surface area (Å²) in [5, 5.41) is 0. The largest absolute Gasteiger partial charge is 0.493 e. The zero-order valence-electron chi connectivity index (χ0n) is 12.0. The van der Waals surface area contributed by atoms with E-state index in [1.54, 1.807) is 30.5 Å². The molecule has 0 aliphatic heterocycles. The van der Waals surface area contributed by atoms with Gasteiger partial charge < -0.3 is 18.9 Å². The molecule has 0 aliphatic carbocycles. The van der Waals surface area contributed by atoms with Crippen LogP contribution in [-0.2, 0) is 0 Å². The third-order valence-corrected chi connectivity index (χ3v) is 2.78. The molecule has 0 fully saturated rings. The average molecular weight is 289 g/mol. The molecular formula is C15H15NO5. The molecule has 2 aromatic rings. The molecule has 21 heavy (non-hydrogen) atoms. The van der Waals surface area contributed by atoms with Crippen LogP contribution in [0.4, 0.5) is 0 Å². The van der Waals surface area contributed by atoms with Gasteiger partial charge in [-0.2, -0.15) is 0 Å². The number of carbonyl (C=O) groups excluding carboxylic acids is 1. The Morgan fingerprint density at radius 1 is 1.05 bits per heavy atom. The average Bonchev–Trinajstić information content (AvgIpc) is 2.54. The number of pyridine rings is 1. The van der Waals surface area contributed by atoms with Gasteiger partial charge in [0.1, 0.15) is 5.75 Å². The second-order valence-corrected chi connectivity index (χ2v) is 3.98. The van der Waals surface area contributed by atoms with Gasteiger partial charge in [-0.1, -0.05) is 0 Å². The van der Waals surface area contributed by atoms with E-state index in [0.717, 1.165) is 0 Å². The van der Waals surface area contributed by atoms with Crippen LogP contribution in [0.5, 0.6) is 28.9 Å². The van der Waals surface area contributed by atoms with Gasteiger partial charge in [0.15, 0.2) is 17.8 Å². The summed E-state index contributed by atoms with van der Waals surface area (Å²) in [5.41, 5.74) is 0.353. The van der Waals surface area contributed by atoms with Gasteiger partial charge in [0.05, 0.1) is 26.9 Å². The maximum atomic E-state index is 11.0. The van der Waals surface area contributed by atoms with E-state index in [1.165, 1.54) is 21.3 Å². The summed E-state index contributed by atoms with van der Waals surface area (Å²) in [6, 6.07) is 6.54. The summed E-state index contributed by atoms with van der Waals surface area (Å²) in [6.07, 6.45) is 2.22. The lowest BCUT2D eigenvalue weighted by molar-refractivity contribution is 0.112. The number of aromatic nitrogens is 1. The molecule has 0 radical (unpaired) electrons. The van der Waals surface area contributed by atoms with Crippen molar-refractivity contribution in [1.29, 1.82) is 0 Å². The highest BCUT2D eigenvalue weighted by molar-refractivity contribution is 5.78. The second kappa shape index (κ2) is 6.60. The van der Waals surface area contributed by atoms with Crippen molar-refractivity contribution < 1.29 is 23.7 Å². The van der Waals surface area contributed by atoms with Crippen LogP contribution in [0.15, 0.2) is 30.5 Å². The zero-order chi connectivity index (χ0) is 15.2. The highest BCUT2D eigenvalue weighted by Gasteiger charge is 2.15. The highest BCUT2D eigenvalue weighted by Crippen LogP contribution is 2.41. The van der Waals surface area contributed by atoms with Crippen LogP contribution in [0.3, 0.4) is 0 Å². The Balaban J connectivity index is 2.42. The maximum absolute atomic E-state index is 11.0. The molecule has 1 aromatic carbocycles. The van der Waals surface area contributed by atoms with Crippen molar-refractivity contribution in [1.82, 2.24) is 4.98 Å². The number of hydrogen-bond acceptors (Lipinski definition) is 6. The fourth-order valence-corrected chi connectivity index (χ4v) is 1.81. The Morgan fingerprint density at radius 2 is 1.71 bits per heavy atom. The van der Waals surface area contributed by atoms with Crippen LogP contribution >= 0.6 is 0 Å². The third-order valence-electron chi connectivity index (χ3n) is 2.78. The lowest BCUT2D eigenvalue weighted by Gasteiger charge is -2.14. The summed E-state index contributed by atoms with van der Waals surface area (Å²) in [7, 11) is 4.54. The van der Waals surface area contributed by atoms with E-state index in [4.69, 9.17) is 18.9 Å². The third kappa shape index (κ3) is 3.05. The SMILES string of the molecule is COc1cc(Oc2ncccc2C=O)cc(OC)c1OC. The molecule has 0 spiro atoms. The Kier molecular flexibility index (Phi) is 4.61. The molecule has 0 amide bonds. The normalized spacial score (nSPS) is 9.86. The first-order valence-corrected chi connectivity index (χ1v) is 6.11. The molecule has 0 atom stereocenters. The van der Waals surface area contributed by atoms with Crippen molar-refractivity contribution >= 4 is 6.29 Å². The molecule has 0 saturated heterocycles. The standard InChI is InChI=1S/C15H15NO5/c1-18-12-7-11(8-13(19-2)14(12)20-3)21-15-10(9-17)5-4-6-16-15/h4-9H,1-3H3. The van der Waals surface area contributed by atoms with E-state index < -0.39 is 0 Å². The molecule has 6 heteroatoms. The smallest absolute Gasteiger partial charge is 0.229 e. The summed E-state index contributed by atoms with van der Waals surface area (Å²) in [4.78, 5) is 15.0. The van der Waals surface area contributed by atoms with Crippen molar-refractivity contribution in [3.05, 3.63) is 36.0 Å². The van der Waals surface area contributed by atoms with Crippen LogP contribution in [0.1, 0.15) is 10.4 Å². The zero-order valence-corrected chi connectivity index (χ0v) is 12.0. The monoisotopic (exact) mass is 289 g/mol. The van der Waals surface area contributed by atoms with Gasteiger partial charge in [0.25, 0.3) is 0 Å². The van der Waals surface area contributed by atoms with Gasteiger partial charge in [0, 0.05) is 18.3 Å². The number of hydrogen-bond donors (Lipinski definition) is 0. The van der Waals surface area contributed by atoms with Gasteiger partial charge in [-0.15, -0.1) is 0 Å². The summed E-state index contributed by atoms with van der Waals surface area (Å²) < 4.78 is 21.3. The van der Waals surface area contributed by atoms with E-state index in [0.29, 0.717) is 34.8 Å². The fourth-order valence-electron chi connectivity index (χ4n) is 1.81. The molecule has 1 heterocycles. The molecular weight excluding hydrogens is 274 g/mol. The Morgan fingerprint density at radius 3 is 2.24 bits per heavy atom. The van der Waals surface area contributed by atoms with E-state index in [9.17, 15) is 4.79 Å². The van der Waals surface area contributed by atoms with Crippen molar-refractivity contribution in [2.24, 2.45) is 0 Å². The second-order valence-electron chi connectivity index (χ2n) is 3.98. The van der Waals surface area contributed by atoms with E-state index >= 15 is 0 Å². The minimum Gasteiger partial charge on any atom is -0.493 e. The van der Waals surface area contributed by atoms with E-state index in [2.05, 4.69) is 4.98 Å². The minimum atomic E-state index is 0.210. The van der Waals surface area contributed by atoms with Gasteiger partial charge in [0.2, 0.25) is 11.6 Å². The Bertz CT molecular complexity index is 617. The lowest BCUT2D eigenvalue weighted by Crippen LogP contribution is -1.97. The number of rotatable bonds is 6. The number of carbonyl (C=O) groups is 1. The van der Waals surface area contributed by atoms with Gasteiger partial charge in [-0.05, 0) is 12.1 Å². The molecule has 0 bridgehead atoms. The van der Waals surface area contributed by atoms with Gasteiger partial charge >= 0.3 is 0 Å². The van der Waals surface area contributed by atoms with Crippen LogP contribution in [0.25, 0.3) is 0 Å². The van der Waals surface area contributed by atoms with Crippen LogP contribution in [0.2, 0.25) is 0 Å².